The molecule has 0 unspecified atom stereocenters. The van der Waals surface area contributed by atoms with E-state index in [2.05, 4.69) is 4.74 Å². The largest absolute Gasteiger partial charge is 0.573 e. The lowest BCUT2D eigenvalue weighted by atomic mass is 10.2. The van der Waals surface area contributed by atoms with Crippen molar-refractivity contribution in [2.75, 3.05) is 6.61 Å². The lowest BCUT2D eigenvalue weighted by Crippen LogP contribution is -2.16. The standard InChI is InChI=1S/C12H14F3NO2S/c13-12(14,15)18-10-6-4-9(5-7-10)17-8-2-1-3-11(16)19/h4-7H,1-3,8H2,(H2,16,19). The molecule has 0 spiro atoms. The van der Waals surface area contributed by atoms with Gasteiger partial charge in [0.15, 0.2) is 0 Å². The topological polar surface area (TPSA) is 44.5 Å². The summed E-state index contributed by atoms with van der Waals surface area (Å²) < 4.78 is 44.9. The van der Waals surface area contributed by atoms with Crippen LogP contribution in [0.15, 0.2) is 24.3 Å². The summed E-state index contributed by atoms with van der Waals surface area (Å²) in [6, 6.07) is 5.26. The fourth-order valence-electron chi connectivity index (χ4n) is 1.33. The van der Waals surface area contributed by atoms with Gasteiger partial charge in [-0.3, -0.25) is 0 Å². The van der Waals surface area contributed by atoms with Gasteiger partial charge in [0.25, 0.3) is 0 Å². The van der Waals surface area contributed by atoms with Crippen LogP contribution in [0.25, 0.3) is 0 Å². The SMILES string of the molecule is NC(=S)CCCCOc1ccc(OC(F)(F)F)cc1. The first-order chi connectivity index (χ1) is 8.87. The van der Waals surface area contributed by atoms with Crippen LogP contribution in [0.5, 0.6) is 11.5 Å². The highest BCUT2D eigenvalue weighted by Gasteiger charge is 2.30. The number of hydrogen-bond donors (Lipinski definition) is 1. The Morgan fingerprint density at radius 1 is 1.11 bits per heavy atom. The van der Waals surface area contributed by atoms with E-state index in [1.165, 1.54) is 24.3 Å². The first kappa shape index (κ1) is 15.6. The van der Waals surface area contributed by atoms with Gasteiger partial charge >= 0.3 is 6.36 Å². The van der Waals surface area contributed by atoms with E-state index in [1.807, 2.05) is 0 Å². The Bertz CT molecular complexity index is 406. The zero-order chi connectivity index (χ0) is 14.3. The number of benzene rings is 1. The van der Waals surface area contributed by atoms with Crippen LogP contribution in [-0.4, -0.2) is 18.0 Å². The predicted octanol–water partition coefficient (Wildman–Crippen LogP) is 3.42. The second kappa shape index (κ2) is 7.18. The molecule has 106 valence electrons. The van der Waals surface area contributed by atoms with Crippen LogP contribution >= 0.6 is 12.2 Å². The van der Waals surface area contributed by atoms with Gasteiger partial charge in [0.1, 0.15) is 11.5 Å². The van der Waals surface area contributed by atoms with Gasteiger partial charge in [-0.1, -0.05) is 12.2 Å². The van der Waals surface area contributed by atoms with E-state index < -0.39 is 6.36 Å². The number of rotatable bonds is 7. The van der Waals surface area contributed by atoms with E-state index in [9.17, 15) is 13.2 Å². The predicted molar refractivity (Wildman–Crippen MR) is 69.3 cm³/mol. The van der Waals surface area contributed by atoms with Crippen molar-refractivity contribution in [3.63, 3.8) is 0 Å². The third-order valence-corrected chi connectivity index (χ3v) is 2.35. The van der Waals surface area contributed by atoms with Crippen molar-refractivity contribution in [3.8, 4) is 11.5 Å². The summed E-state index contributed by atoms with van der Waals surface area (Å²) in [5, 5.41) is 0. The normalized spacial score (nSPS) is 11.1. The van der Waals surface area contributed by atoms with Crippen LogP contribution in [0.1, 0.15) is 19.3 Å². The number of alkyl halides is 3. The van der Waals surface area contributed by atoms with Crippen LogP contribution in [0.2, 0.25) is 0 Å². The average molecular weight is 293 g/mol. The van der Waals surface area contributed by atoms with Crippen molar-refractivity contribution in [3.05, 3.63) is 24.3 Å². The molecule has 0 aliphatic carbocycles. The molecular formula is C12H14F3NO2S. The highest BCUT2D eigenvalue weighted by atomic mass is 32.1. The molecule has 0 amide bonds. The quantitative estimate of drug-likeness (QED) is 0.618. The minimum absolute atomic E-state index is 0.270. The molecule has 1 aromatic carbocycles. The summed E-state index contributed by atoms with van der Waals surface area (Å²) in [5.74, 6) is 0.221. The molecule has 1 aromatic rings. The molecule has 2 N–H and O–H groups in total. The minimum Gasteiger partial charge on any atom is -0.494 e. The number of thiocarbonyl (C=S) groups is 1. The summed E-state index contributed by atoms with van der Waals surface area (Å²) in [7, 11) is 0. The molecule has 7 heteroatoms. The third kappa shape index (κ3) is 7.50. The Kier molecular flexibility index (Phi) is 5.88. The molecule has 0 atom stereocenters. The highest BCUT2D eigenvalue weighted by molar-refractivity contribution is 7.80. The molecule has 0 saturated heterocycles. The van der Waals surface area contributed by atoms with E-state index in [0.29, 0.717) is 23.8 Å². The molecule has 0 aliphatic heterocycles. The van der Waals surface area contributed by atoms with Crippen LogP contribution < -0.4 is 15.2 Å². The van der Waals surface area contributed by atoms with Gasteiger partial charge in [0.05, 0.1) is 11.6 Å². The first-order valence-corrected chi connectivity index (χ1v) is 6.04. The van der Waals surface area contributed by atoms with Gasteiger partial charge in [0.2, 0.25) is 0 Å². The number of halogens is 3. The number of hydrogen-bond acceptors (Lipinski definition) is 3. The van der Waals surface area contributed by atoms with Gasteiger partial charge in [-0.15, -0.1) is 13.2 Å². The van der Waals surface area contributed by atoms with Crippen molar-refractivity contribution in [1.82, 2.24) is 0 Å². The fraction of sp³-hybridized carbons (Fsp3) is 0.417. The van der Waals surface area contributed by atoms with Crippen molar-refractivity contribution >= 4 is 17.2 Å². The maximum atomic E-state index is 11.9. The van der Waals surface area contributed by atoms with Gasteiger partial charge in [-0.2, -0.15) is 0 Å². The molecule has 0 bridgehead atoms. The first-order valence-electron chi connectivity index (χ1n) is 5.64. The molecule has 19 heavy (non-hydrogen) atoms. The Balaban J connectivity index is 2.30. The van der Waals surface area contributed by atoms with Crippen LogP contribution in [0, 0.1) is 0 Å². The van der Waals surface area contributed by atoms with Crippen molar-refractivity contribution < 1.29 is 22.6 Å². The zero-order valence-electron chi connectivity index (χ0n) is 10.1. The number of nitrogens with two attached hydrogens (primary N) is 1. The minimum atomic E-state index is -4.68. The smallest absolute Gasteiger partial charge is 0.494 e. The monoisotopic (exact) mass is 293 g/mol. The Hall–Kier alpha value is -1.50. The molecular weight excluding hydrogens is 279 g/mol. The molecule has 0 heterocycles. The average Bonchev–Trinajstić information content (AvgIpc) is 2.28. The van der Waals surface area contributed by atoms with E-state index in [1.54, 1.807) is 0 Å². The molecule has 1 rings (SSSR count). The van der Waals surface area contributed by atoms with E-state index >= 15 is 0 Å². The van der Waals surface area contributed by atoms with Gasteiger partial charge in [-0.25, -0.2) is 0 Å². The lowest BCUT2D eigenvalue weighted by Gasteiger charge is -2.10. The van der Waals surface area contributed by atoms with Crippen LogP contribution in [-0.2, 0) is 0 Å². The zero-order valence-corrected chi connectivity index (χ0v) is 10.9. The van der Waals surface area contributed by atoms with Crippen LogP contribution in [0.4, 0.5) is 13.2 Å². The van der Waals surface area contributed by atoms with Crippen LogP contribution in [0.3, 0.4) is 0 Å². The van der Waals surface area contributed by atoms with E-state index in [0.717, 1.165) is 12.8 Å². The molecule has 0 aromatic heterocycles. The Labute approximate surface area is 114 Å². The lowest BCUT2D eigenvalue weighted by molar-refractivity contribution is -0.274. The molecule has 0 fully saturated rings. The second-order valence-electron chi connectivity index (χ2n) is 3.79. The Morgan fingerprint density at radius 3 is 2.21 bits per heavy atom. The summed E-state index contributed by atoms with van der Waals surface area (Å²) in [6.07, 6.45) is -2.41. The number of unbranched alkanes of at least 4 members (excludes halogenated alkanes) is 1. The summed E-state index contributed by atoms with van der Waals surface area (Å²) in [4.78, 5) is 0.466. The summed E-state index contributed by atoms with van der Waals surface area (Å²) in [5.41, 5.74) is 5.34. The third-order valence-electron chi connectivity index (χ3n) is 2.14. The molecule has 0 saturated carbocycles. The molecule has 0 radical (unpaired) electrons. The maximum Gasteiger partial charge on any atom is 0.573 e. The molecule has 0 aliphatic rings. The van der Waals surface area contributed by atoms with Gasteiger partial charge < -0.3 is 15.2 Å². The van der Waals surface area contributed by atoms with Gasteiger partial charge in [0, 0.05) is 0 Å². The van der Waals surface area contributed by atoms with E-state index in [-0.39, 0.29) is 5.75 Å². The summed E-state index contributed by atoms with van der Waals surface area (Å²) in [6.45, 7) is 0.460. The number of ether oxygens (including phenoxy) is 2. The second-order valence-corrected chi connectivity index (χ2v) is 4.32. The Morgan fingerprint density at radius 2 is 1.68 bits per heavy atom. The maximum absolute atomic E-state index is 11.9. The fourth-order valence-corrected chi connectivity index (χ4v) is 1.47. The molecule has 3 nitrogen and oxygen atoms in total. The van der Waals surface area contributed by atoms with Crippen molar-refractivity contribution in [2.45, 2.75) is 25.6 Å². The summed E-state index contributed by atoms with van der Waals surface area (Å²) >= 11 is 4.73. The van der Waals surface area contributed by atoms with Crippen molar-refractivity contribution in [1.29, 1.82) is 0 Å². The van der Waals surface area contributed by atoms with Crippen molar-refractivity contribution in [2.24, 2.45) is 5.73 Å². The van der Waals surface area contributed by atoms with E-state index in [4.69, 9.17) is 22.7 Å². The highest BCUT2D eigenvalue weighted by Crippen LogP contribution is 2.24. The van der Waals surface area contributed by atoms with Gasteiger partial charge in [-0.05, 0) is 43.5 Å².